The Balaban J connectivity index is 2.82. The average molecular weight is 212 g/mol. The molecular formula is C10H12O5. The molecule has 0 fully saturated rings. The van der Waals surface area contributed by atoms with E-state index in [4.69, 9.17) is 14.9 Å². The summed E-state index contributed by atoms with van der Waals surface area (Å²) in [5.41, 5.74) is 0.366. The van der Waals surface area contributed by atoms with E-state index in [0.29, 0.717) is 11.3 Å². The zero-order valence-corrected chi connectivity index (χ0v) is 8.17. The van der Waals surface area contributed by atoms with Gasteiger partial charge in [-0.1, -0.05) is 6.07 Å². The van der Waals surface area contributed by atoms with Gasteiger partial charge in [0, 0.05) is 12.5 Å². The van der Waals surface area contributed by atoms with Gasteiger partial charge in [0.2, 0.25) is 0 Å². The van der Waals surface area contributed by atoms with Gasteiger partial charge in [-0.2, -0.15) is 0 Å². The largest absolute Gasteiger partial charge is 0.508 e. The standard InChI is InChI=1S/C10H12O5/c1-15-7-3-2-6(8(11)5-7)4-9(12)10(13)14/h2-3,5,9,11-12H,4H2,1H3,(H,13,14)/t9-/m1/s1. The average Bonchev–Trinajstić information content (AvgIpc) is 2.20. The van der Waals surface area contributed by atoms with Gasteiger partial charge in [-0.3, -0.25) is 0 Å². The zero-order chi connectivity index (χ0) is 11.4. The first-order valence-corrected chi connectivity index (χ1v) is 4.31. The highest BCUT2D eigenvalue weighted by molar-refractivity contribution is 5.72. The van der Waals surface area contributed by atoms with Crippen molar-refractivity contribution in [3.8, 4) is 11.5 Å². The minimum absolute atomic E-state index is 0.0883. The fourth-order valence-electron chi connectivity index (χ4n) is 1.14. The number of rotatable bonds is 4. The Bertz CT molecular complexity index is 361. The molecule has 0 amide bonds. The van der Waals surface area contributed by atoms with Crippen LogP contribution in [0.3, 0.4) is 0 Å². The number of phenolic OH excluding ortho intramolecular Hbond substituents is 1. The molecule has 3 N–H and O–H groups in total. The number of carbonyl (C=O) groups is 1. The number of carboxylic acid groups (broad SMARTS) is 1. The van der Waals surface area contributed by atoms with E-state index in [1.807, 2.05) is 0 Å². The van der Waals surface area contributed by atoms with Crippen molar-refractivity contribution < 1.29 is 24.9 Å². The molecule has 15 heavy (non-hydrogen) atoms. The number of aromatic hydroxyl groups is 1. The molecule has 0 saturated heterocycles. The molecule has 1 aromatic carbocycles. The van der Waals surface area contributed by atoms with Crippen molar-refractivity contribution in [3.63, 3.8) is 0 Å². The second kappa shape index (κ2) is 4.65. The van der Waals surface area contributed by atoms with Crippen LogP contribution in [-0.4, -0.2) is 34.5 Å². The number of aliphatic carboxylic acids is 1. The third-order valence-corrected chi connectivity index (χ3v) is 1.99. The smallest absolute Gasteiger partial charge is 0.332 e. The van der Waals surface area contributed by atoms with Crippen LogP contribution in [-0.2, 0) is 11.2 Å². The number of ether oxygens (including phenoxy) is 1. The molecule has 5 heteroatoms. The second-order valence-electron chi connectivity index (χ2n) is 3.05. The topological polar surface area (TPSA) is 87.0 Å². The van der Waals surface area contributed by atoms with E-state index in [1.54, 1.807) is 6.07 Å². The maximum atomic E-state index is 10.4. The lowest BCUT2D eigenvalue weighted by Gasteiger charge is -2.08. The Morgan fingerprint density at radius 2 is 2.20 bits per heavy atom. The summed E-state index contributed by atoms with van der Waals surface area (Å²) in [7, 11) is 1.46. The van der Waals surface area contributed by atoms with Crippen LogP contribution in [0.4, 0.5) is 0 Å². The fourth-order valence-corrected chi connectivity index (χ4v) is 1.14. The van der Waals surface area contributed by atoms with Gasteiger partial charge >= 0.3 is 5.97 Å². The first-order chi connectivity index (χ1) is 7.04. The normalized spacial score (nSPS) is 12.1. The van der Waals surface area contributed by atoms with E-state index in [-0.39, 0.29) is 12.2 Å². The molecule has 1 rings (SSSR count). The lowest BCUT2D eigenvalue weighted by molar-refractivity contribution is -0.146. The lowest BCUT2D eigenvalue weighted by atomic mass is 10.1. The Hall–Kier alpha value is -1.75. The van der Waals surface area contributed by atoms with E-state index in [9.17, 15) is 9.90 Å². The molecule has 0 heterocycles. The molecule has 82 valence electrons. The Morgan fingerprint density at radius 1 is 1.53 bits per heavy atom. The summed E-state index contributed by atoms with van der Waals surface area (Å²) in [4.78, 5) is 10.4. The van der Waals surface area contributed by atoms with Gasteiger partial charge in [-0.25, -0.2) is 4.79 Å². The van der Waals surface area contributed by atoms with Crippen LogP contribution in [0.5, 0.6) is 11.5 Å². The highest BCUT2D eigenvalue weighted by Gasteiger charge is 2.15. The van der Waals surface area contributed by atoms with E-state index in [2.05, 4.69) is 0 Å². The van der Waals surface area contributed by atoms with E-state index in [0.717, 1.165) is 0 Å². The van der Waals surface area contributed by atoms with Crippen molar-refractivity contribution in [2.75, 3.05) is 7.11 Å². The Labute approximate surface area is 86.5 Å². The molecule has 1 aromatic rings. The minimum atomic E-state index is -1.51. The number of aliphatic hydroxyl groups is 1. The number of benzene rings is 1. The van der Waals surface area contributed by atoms with Gasteiger partial charge in [-0.05, 0) is 11.6 Å². The van der Waals surface area contributed by atoms with E-state index >= 15 is 0 Å². The van der Waals surface area contributed by atoms with E-state index in [1.165, 1.54) is 19.2 Å². The molecule has 0 aliphatic heterocycles. The molecular weight excluding hydrogens is 200 g/mol. The van der Waals surface area contributed by atoms with Crippen LogP contribution in [0, 0.1) is 0 Å². The lowest BCUT2D eigenvalue weighted by Crippen LogP contribution is -2.21. The number of phenols is 1. The summed E-state index contributed by atoms with van der Waals surface area (Å²) in [5.74, 6) is -0.930. The van der Waals surface area contributed by atoms with Gasteiger partial charge in [-0.15, -0.1) is 0 Å². The van der Waals surface area contributed by atoms with Crippen molar-refractivity contribution in [1.29, 1.82) is 0 Å². The maximum absolute atomic E-state index is 10.4. The van der Waals surface area contributed by atoms with Crippen LogP contribution >= 0.6 is 0 Å². The molecule has 0 spiro atoms. The zero-order valence-electron chi connectivity index (χ0n) is 8.17. The van der Waals surface area contributed by atoms with Crippen molar-refractivity contribution in [2.45, 2.75) is 12.5 Å². The summed E-state index contributed by atoms with van der Waals surface area (Å²) >= 11 is 0. The van der Waals surface area contributed by atoms with Gasteiger partial charge in [0.25, 0.3) is 0 Å². The van der Waals surface area contributed by atoms with E-state index < -0.39 is 12.1 Å². The highest BCUT2D eigenvalue weighted by Crippen LogP contribution is 2.24. The number of carboxylic acids is 1. The predicted molar refractivity (Wildman–Crippen MR) is 52.0 cm³/mol. The summed E-state index contributed by atoms with van der Waals surface area (Å²) in [6.07, 6.45) is -1.64. The van der Waals surface area contributed by atoms with Crippen LogP contribution in [0.2, 0.25) is 0 Å². The second-order valence-corrected chi connectivity index (χ2v) is 3.05. The molecule has 0 saturated carbocycles. The predicted octanol–water partition coefficient (Wildman–Crippen LogP) is 0.389. The highest BCUT2D eigenvalue weighted by atomic mass is 16.5. The van der Waals surface area contributed by atoms with Crippen molar-refractivity contribution in [2.24, 2.45) is 0 Å². The third kappa shape index (κ3) is 2.85. The van der Waals surface area contributed by atoms with Crippen LogP contribution < -0.4 is 4.74 Å². The summed E-state index contributed by atoms with van der Waals surface area (Å²) in [6, 6.07) is 4.47. The fraction of sp³-hybridized carbons (Fsp3) is 0.300. The molecule has 5 nitrogen and oxygen atoms in total. The van der Waals surface area contributed by atoms with Crippen molar-refractivity contribution in [1.82, 2.24) is 0 Å². The van der Waals surface area contributed by atoms with Crippen LogP contribution in [0.25, 0.3) is 0 Å². The first kappa shape index (κ1) is 11.3. The molecule has 0 aliphatic rings. The molecule has 1 atom stereocenters. The summed E-state index contributed by atoms with van der Waals surface area (Å²) in [6.45, 7) is 0. The molecule has 0 radical (unpaired) electrons. The van der Waals surface area contributed by atoms with Gasteiger partial charge in [0.15, 0.2) is 6.10 Å². The van der Waals surface area contributed by atoms with Crippen molar-refractivity contribution >= 4 is 5.97 Å². The summed E-state index contributed by atoms with van der Waals surface area (Å²) in [5, 5.41) is 27.0. The van der Waals surface area contributed by atoms with Crippen molar-refractivity contribution in [3.05, 3.63) is 23.8 Å². The molecule has 0 unspecified atom stereocenters. The van der Waals surface area contributed by atoms with Gasteiger partial charge in [0.1, 0.15) is 11.5 Å². The van der Waals surface area contributed by atoms with Gasteiger partial charge < -0.3 is 20.1 Å². The quantitative estimate of drug-likeness (QED) is 0.672. The molecule has 0 bridgehead atoms. The number of hydrogen-bond acceptors (Lipinski definition) is 4. The Kier molecular flexibility index (Phi) is 3.51. The monoisotopic (exact) mass is 212 g/mol. The van der Waals surface area contributed by atoms with Crippen LogP contribution in [0.15, 0.2) is 18.2 Å². The molecule has 0 aromatic heterocycles. The third-order valence-electron chi connectivity index (χ3n) is 1.99. The number of aliphatic hydroxyl groups excluding tert-OH is 1. The minimum Gasteiger partial charge on any atom is -0.508 e. The van der Waals surface area contributed by atoms with Crippen LogP contribution in [0.1, 0.15) is 5.56 Å². The number of methoxy groups -OCH3 is 1. The molecule has 0 aliphatic carbocycles. The number of hydrogen-bond donors (Lipinski definition) is 3. The maximum Gasteiger partial charge on any atom is 0.332 e. The Morgan fingerprint density at radius 3 is 2.67 bits per heavy atom. The van der Waals surface area contributed by atoms with Gasteiger partial charge in [0.05, 0.1) is 7.11 Å². The summed E-state index contributed by atoms with van der Waals surface area (Å²) < 4.78 is 4.86. The first-order valence-electron chi connectivity index (χ1n) is 4.31. The SMILES string of the molecule is COc1ccc(C[C@@H](O)C(=O)O)c(O)c1.